The normalized spacial score (nSPS) is 24.5. The second-order valence-electron chi connectivity index (χ2n) is 4.68. The first-order chi connectivity index (χ1) is 8.06. The van der Waals surface area contributed by atoms with E-state index in [9.17, 15) is 0 Å². The lowest BCUT2D eigenvalue weighted by Crippen LogP contribution is -2.53. The molecule has 1 atom stereocenters. The van der Waals surface area contributed by atoms with Crippen molar-refractivity contribution in [2.75, 3.05) is 18.0 Å². The van der Waals surface area contributed by atoms with Crippen molar-refractivity contribution in [3.05, 3.63) is 28.8 Å². The number of hydrogen-bond donors (Lipinski definition) is 1. The zero-order chi connectivity index (χ0) is 12.5. The Hall–Kier alpha value is -1.24. The smallest absolute Gasteiger partial charge is 0.121 e. The molecule has 4 heteroatoms. The van der Waals surface area contributed by atoms with E-state index < -0.39 is 5.54 Å². The highest BCUT2D eigenvalue weighted by atomic mass is 35.5. The molecule has 1 aliphatic heterocycles. The van der Waals surface area contributed by atoms with Crippen LogP contribution in [0.1, 0.15) is 18.4 Å². The third-order valence-corrected chi connectivity index (χ3v) is 3.74. The highest BCUT2D eigenvalue weighted by Crippen LogP contribution is 2.30. The predicted molar refractivity (Wildman–Crippen MR) is 70.2 cm³/mol. The summed E-state index contributed by atoms with van der Waals surface area (Å²) in [5.74, 6) is 0. The average molecular weight is 250 g/mol. The van der Waals surface area contributed by atoms with Gasteiger partial charge in [-0.2, -0.15) is 5.26 Å². The van der Waals surface area contributed by atoms with Gasteiger partial charge in [-0.25, -0.2) is 0 Å². The molecule has 1 heterocycles. The van der Waals surface area contributed by atoms with E-state index in [0.29, 0.717) is 6.54 Å². The van der Waals surface area contributed by atoms with Crippen molar-refractivity contribution in [2.45, 2.75) is 25.3 Å². The lowest BCUT2D eigenvalue weighted by Gasteiger charge is -2.38. The van der Waals surface area contributed by atoms with Gasteiger partial charge in [-0.15, -0.1) is 0 Å². The van der Waals surface area contributed by atoms with Crippen molar-refractivity contribution in [2.24, 2.45) is 5.73 Å². The highest BCUT2D eigenvalue weighted by Gasteiger charge is 2.32. The van der Waals surface area contributed by atoms with Gasteiger partial charge in [0.2, 0.25) is 0 Å². The van der Waals surface area contributed by atoms with Crippen LogP contribution in [0.4, 0.5) is 5.69 Å². The maximum Gasteiger partial charge on any atom is 0.121 e. The third-order valence-electron chi connectivity index (χ3n) is 3.33. The molecule has 0 amide bonds. The fourth-order valence-corrected chi connectivity index (χ4v) is 2.49. The molecular formula is C13H16ClN3. The van der Waals surface area contributed by atoms with Crippen LogP contribution >= 0.6 is 11.6 Å². The van der Waals surface area contributed by atoms with Crippen LogP contribution in [0.5, 0.6) is 0 Å². The van der Waals surface area contributed by atoms with Crippen molar-refractivity contribution in [1.29, 1.82) is 5.26 Å². The Morgan fingerprint density at radius 3 is 3.00 bits per heavy atom. The molecule has 1 fully saturated rings. The predicted octanol–water partition coefficient (Wildman–Crippen LogP) is 2.47. The summed E-state index contributed by atoms with van der Waals surface area (Å²) < 4.78 is 0. The largest absolute Gasteiger partial charge is 0.368 e. The summed E-state index contributed by atoms with van der Waals surface area (Å²) in [6, 6.07) is 8.06. The van der Waals surface area contributed by atoms with E-state index in [2.05, 4.69) is 11.0 Å². The van der Waals surface area contributed by atoms with Gasteiger partial charge in [-0.3, -0.25) is 0 Å². The summed E-state index contributed by atoms with van der Waals surface area (Å²) in [6.45, 7) is 3.50. The number of nitrogens with zero attached hydrogens (tertiary/aromatic N) is 2. The Bertz CT molecular complexity index is 466. The minimum absolute atomic E-state index is 0.574. The molecule has 0 radical (unpaired) electrons. The Labute approximate surface area is 107 Å². The molecule has 1 aromatic carbocycles. The van der Waals surface area contributed by atoms with Crippen LogP contribution in [0.25, 0.3) is 0 Å². The molecule has 17 heavy (non-hydrogen) atoms. The molecular weight excluding hydrogens is 234 g/mol. The van der Waals surface area contributed by atoms with Gasteiger partial charge in [-0.1, -0.05) is 17.7 Å². The minimum Gasteiger partial charge on any atom is -0.368 e. The molecule has 1 saturated heterocycles. The van der Waals surface area contributed by atoms with Gasteiger partial charge in [0.1, 0.15) is 5.54 Å². The monoisotopic (exact) mass is 249 g/mol. The van der Waals surface area contributed by atoms with Crippen LogP contribution in [0.15, 0.2) is 18.2 Å². The van der Waals surface area contributed by atoms with E-state index in [1.165, 1.54) is 0 Å². The Morgan fingerprint density at radius 2 is 2.29 bits per heavy atom. The van der Waals surface area contributed by atoms with Crippen LogP contribution in [0.2, 0.25) is 5.02 Å². The fourth-order valence-electron chi connectivity index (χ4n) is 2.32. The summed E-state index contributed by atoms with van der Waals surface area (Å²) in [4.78, 5) is 2.16. The van der Waals surface area contributed by atoms with Gasteiger partial charge < -0.3 is 10.6 Å². The highest BCUT2D eigenvalue weighted by molar-refractivity contribution is 6.31. The Morgan fingerprint density at radius 1 is 1.53 bits per heavy atom. The van der Waals surface area contributed by atoms with Crippen LogP contribution in [-0.4, -0.2) is 18.6 Å². The molecule has 1 aromatic rings. The first-order valence-corrected chi connectivity index (χ1v) is 6.14. The maximum atomic E-state index is 9.11. The van der Waals surface area contributed by atoms with Gasteiger partial charge in [0, 0.05) is 23.8 Å². The van der Waals surface area contributed by atoms with Crippen LogP contribution in [0, 0.1) is 18.3 Å². The van der Waals surface area contributed by atoms with Gasteiger partial charge in [0.25, 0.3) is 0 Å². The molecule has 3 nitrogen and oxygen atoms in total. The number of benzene rings is 1. The Balaban J connectivity index is 2.29. The molecule has 1 aliphatic rings. The van der Waals surface area contributed by atoms with E-state index >= 15 is 0 Å². The zero-order valence-electron chi connectivity index (χ0n) is 9.91. The van der Waals surface area contributed by atoms with Crippen molar-refractivity contribution in [3.8, 4) is 6.07 Å². The Kier molecular flexibility index (Phi) is 3.28. The number of halogens is 1. The van der Waals surface area contributed by atoms with Crippen LogP contribution in [0.3, 0.4) is 0 Å². The molecule has 90 valence electrons. The standard InChI is InChI=1S/C13H16ClN3/c1-10-11(14)4-2-5-12(10)17-7-3-6-13(16,8-15)9-17/h2,4-5H,3,6-7,9,16H2,1H3. The zero-order valence-corrected chi connectivity index (χ0v) is 10.7. The summed E-state index contributed by atoms with van der Waals surface area (Å²) in [5, 5.41) is 9.87. The molecule has 1 unspecified atom stereocenters. The minimum atomic E-state index is -0.729. The molecule has 0 spiro atoms. The first-order valence-electron chi connectivity index (χ1n) is 5.76. The molecule has 2 rings (SSSR count). The molecule has 0 aromatic heterocycles. The van der Waals surface area contributed by atoms with Crippen molar-refractivity contribution in [1.82, 2.24) is 0 Å². The van der Waals surface area contributed by atoms with Gasteiger partial charge in [0.15, 0.2) is 0 Å². The number of hydrogen-bond acceptors (Lipinski definition) is 3. The van der Waals surface area contributed by atoms with E-state index in [1.54, 1.807) is 0 Å². The lowest BCUT2D eigenvalue weighted by atomic mass is 9.91. The van der Waals surface area contributed by atoms with Gasteiger partial charge >= 0.3 is 0 Å². The summed E-state index contributed by atoms with van der Waals surface area (Å²) in [7, 11) is 0. The number of nitrogens with two attached hydrogens (primary N) is 1. The second kappa shape index (κ2) is 4.56. The maximum absolute atomic E-state index is 9.11. The van der Waals surface area contributed by atoms with E-state index in [4.69, 9.17) is 22.6 Å². The summed E-state index contributed by atoms with van der Waals surface area (Å²) in [6.07, 6.45) is 1.70. The quantitative estimate of drug-likeness (QED) is 0.832. The number of rotatable bonds is 1. The van der Waals surface area contributed by atoms with Crippen LogP contribution in [-0.2, 0) is 0 Å². The van der Waals surface area contributed by atoms with Crippen molar-refractivity contribution >= 4 is 17.3 Å². The summed E-state index contributed by atoms with van der Waals surface area (Å²) >= 11 is 6.12. The number of anilines is 1. The van der Waals surface area contributed by atoms with Gasteiger partial charge in [-0.05, 0) is 37.5 Å². The first kappa shape index (κ1) is 12.2. The van der Waals surface area contributed by atoms with Crippen molar-refractivity contribution in [3.63, 3.8) is 0 Å². The average Bonchev–Trinajstić information content (AvgIpc) is 2.33. The molecule has 0 bridgehead atoms. The van der Waals surface area contributed by atoms with Crippen LogP contribution < -0.4 is 10.6 Å². The topological polar surface area (TPSA) is 53.0 Å². The third kappa shape index (κ3) is 2.38. The lowest BCUT2D eigenvalue weighted by molar-refractivity contribution is 0.424. The number of piperidine rings is 1. The second-order valence-corrected chi connectivity index (χ2v) is 5.08. The van der Waals surface area contributed by atoms with E-state index in [0.717, 1.165) is 35.7 Å². The molecule has 0 saturated carbocycles. The van der Waals surface area contributed by atoms with E-state index in [-0.39, 0.29) is 0 Å². The van der Waals surface area contributed by atoms with E-state index in [1.807, 2.05) is 25.1 Å². The molecule has 2 N–H and O–H groups in total. The fraction of sp³-hybridized carbons (Fsp3) is 0.462. The SMILES string of the molecule is Cc1c(Cl)cccc1N1CCCC(N)(C#N)C1. The van der Waals surface area contributed by atoms with Crippen molar-refractivity contribution < 1.29 is 0 Å². The molecule has 0 aliphatic carbocycles. The summed E-state index contributed by atoms with van der Waals surface area (Å²) in [5.41, 5.74) is 7.45. The number of nitriles is 1. The van der Waals surface area contributed by atoms with Gasteiger partial charge in [0.05, 0.1) is 6.07 Å².